The maximum atomic E-state index is 12.9. The van der Waals surface area contributed by atoms with Crippen molar-refractivity contribution >= 4 is 5.91 Å². The molecule has 0 fully saturated rings. The first kappa shape index (κ1) is 19.5. The van der Waals surface area contributed by atoms with Crippen LogP contribution in [0.2, 0.25) is 0 Å². The Hall–Kier alpha value is -3.22. The second kappa shape index (κ2) is 7.42. The predicted molar refractivity (Wildman–Crippen MR) is 101 cm³/mol. The fourth-order valence-electron chi connectivity index (χ4n) is 3.29. The maximum absolute atomic E-state index is 12.9. The first-order valence-corrected chi connectivity index (χ1v) is 8.63. The van der Waals surface area contributed by atoms with E-state index in [-0.39, 0.29) is 0 Å². The summed E-state index contributed by atoms with van der Waals surface area (Å²) in [5.41, 5.74) is 8.09. The van der Waals surface area contributed by atoms with Gasteiger partial charge in [-0.1, -0.05) is 31.2 Å². The SMILES string of the molecule is CCc1c(-c2ccc(C(F)(F)F)cc2)[nH]c(-c2ccccc2OC)c1C(N)=O. The summed E-state index contributed by atoms with van der Waals surface area (Å²) < 4.78 is 44.0. The Morgan fingerprint density at radius 3 is 2.25 bits per heavy atom. The van der Waals surface area contributed by atoms with Crippen LogP contribution in [0.25, 0.3) is 22.5 Å². The third kappa shape index (κ3) is 3.47. The lowest BCUT2D eigenvalue weighted by Crippen LogP contribution is -2.13. The number of hydrogen-bond donors (Lipinski definition) is 2. The molecule has 0 saturated heterocycles. The minimum absolute atomic E-state index is 0.307. The summed E-state index contributed by atoms with van der Waals surface area (Å²) in [7, 11) is 1.52. The van der Waals surface area contributed by atoms with Gasteiger partial charge in [-0.25, -0.2) is 0 Å². The smallest absolute Gasteiger partial charge is 0.416 e. The van der Waals surface area contributed by atoms with E-state index >= 15 is 0 Å². The fourth-order valence-corrected chi connectivity index (χ4v) is 3.29. The molecule has 146 valence electrons. The number of para-hydroxylation sites is 1. The van der Waals surface area contributed by atoms with E-state index in [0.717, 1.165) is 12.1 Å². The van der Waals surface area contributed by atoms with Crippen molar-refractivity contribution < 1.29 is 22.7 Å². The van der Waals surface area contributed by atoms with Crippen LogP contribution in [0.5, 0.6) is 5.75 Å². The molecular weight excluding hydrogens is 369 g/mol. The lowest BCUT2D eigenvalue weighted by atomic mass is 9.98. The van der Waals surface area contributed by atoms with Crippen molar-refractivity contribution in [2.24, 2.45) is 5.73 Å². The highest BCUT2D eigenvalue weighted by atomic mass is 19.4. The molecule has 0 aliphatic carbocycles. The number of aromatic nitrogens is 1. The molecule has 4 nitrogen and oxygen atoms in total. The molecule has 0 unspecified atom stereocenters. The molecule has 2 aromatic carbocycles. The zero-order chi connectivity index (χ0) is 20.5. The van der Waals surface area contributed by atoms with E-state index in [1.54, 1.807) is 24.3 Å². The van der Waals surface area contributed by atoms with Gasteiger partial charge < -0.3 is 15.5 Å². The van der Waals surface area contributed by atoms with E-state index < -0.39 is 17.6 Å². The lowest BCUT2D eigenvalue weighted by molar-refractivity contribution is -0.137. The van der Waals surface area contributed by atoms with Gasteiger partial charge >= 0.3 is 6.18 Å². The second-order valence-electron chi connectivity index (χ2n) is 6.22. The van der Waals surface area contributed by atoms with Crippen molar-refractivity contribution in [1.29, 1.82) is 0 Å². The molecule has 3 aromatic rings. The Morgan fingerprint density at radius 1 is 1.07 bits per heavy atom. The van der Waals surface area contributed by atoms with E-state index in [1.807, 2.05) is 6.92 Å². The Kier molecular flexibility index (Phi) is 5.18. The number of carbonyl (C=O) groups excluding carboxylic acids is 1. The highest BCUT2D eigenvalue weighted by Gasteiger charge is 2.30. The number of primary amides is 1. The number of aromatic amines is 1. The molecule has 7 heteroatoms. The predicted octanol–water partition coefficient (Wildman–Crippen LogP) is 5.04. The number of nitrogens with two attached hydrogens (primary N) is 1. The molecule has 0 bridgehead atoms. The average molecular weight is 388 g/mol. The zero-order valence-corrected chi connectivity index (χ0v) is 15.4. The summed E-state index contributed by atoms with van der Waals surface area (Å²) in [6.07, 6.45) is -3.94. The van der Waals surface area contributed by atoms with Crippen molar-refractivity contribution in [3.8, 4) is 28.3 Å². The third-order valence-electron chi connectivity index (χ3n) is 4.58. The molecule has 1 amide bonds. The second-order valence-corrected chi connectivity index (χ2v) is 6.22. The Labute approximate surface area is 160 Å². The summed E-state index contributed by atoms with van der Waals surface area (Å²) in [4.78, 5) is 15.4. The number of halogens is 3. The molecule has 28 heavy (non-hydrogen) atoms. The maximum Gasteiger partial charge on any atom is 0.416 e. The van der Waals surface area contributed by atoms with Crippen LogP contribution in [0.1, 0.15) is 28.4 Å². The van der Waals surface area contributed by atoms with Crippen molar-refractivity contribution in [1.82, 2.24) is 4.98 Å². The largest absolute Gasteiger partial charge is 0.496 e. The molecule has 3 rings (SSSR count). The van der Waals surface area contributed by atoms with Crippen LogP contribution in [0.3, 0.4) is 0 Å². The minimum Gasteiger partial charge on any atom is -0.496 e. The molecule has 3 N–H and O–H groups in total. The summed E-state index contributed by atoms with van der Waals surface area (Å²) in [6.45, 7) is 1.86. The zero-order valence-electron chi connectivity index (χ0n) is 15.4. The normalized spacial score (nSPS) is 11.5. The van der Waals surface area contributed by atoms with Crippen molar-refractivity contribution in [3.05, 3.63) is 65.2 Å². The van der Waals surface area contributed by atoms with E-state index in [4.69, 9.17) is 10.5 Å². The number of ether oxygens (including phenoxy) is 1. The number of carbonyl (C=O) groups is 1. The quantitative estimate of drug-likeness (QED) is 0.643. The van der Waals surface area contributed by atoms with E-state index in [9.17, 15) is 18.0 Å². The molecular formula is C21H19F3N2O2. The minimum atomic E-state index is -4.41. The van der Waals surface area contributed by atoms with E-state index in [0.29, 0.717) is 45.8 Å². The van der Waals surface area contributed by atoms with Gasteiger partial charge in [-0.2, -0.15) is 13.2 Å². The van der Waals surface area contributed by atoms with Gasteiger partial charge in [-0.05, 0) is 41.8 Å². The van der Waals surface area contributed by atoms with Gasteiger partial charge in [0.2, 0.25) is 0 Å². The van der Waals surface area contributed by atoms with E-state index in [1.165, 1.54) is 19.2 Å². The van der Waals surface area contributed by atoms with Gasteiger partial charge in [0.1, 0.15) is 5.75 Å². The van der Waals surface area contributed by atoms with Crippen LogP contribution >= 0.6 is 0 Å². The van der Waals surface area contributed by atoms with Crippen molar-refractivity contribution in [2.75, 3.05) is 7.11 Å². The topological polar surface area (TPSA) is 68.1 Å². The fraction of sp³-hybridized carbons (Fsp3) is 0.190. The van der Waals surface area contributed by atoms with Crippen LogP contribution in [0.4, 0.5) is 13.2 Å². The number of methoxy groups -OCH3 is 1. The van der Waals surface area contributed by atoms with Crippen molar-refractivity contribution in [3.63, 3.8) is 0 Å². The first-order valence-electron chi connectivity index (χ1n) is 8.63. The molecule has 1 heterocycles. The number of alkyl halides is 3. The highest BCUT2D eigenvalue weighted by Crippen LogP contribution is 2.38. The molecule has 0 saturated carbocycles. The Morgan fingerprint density at radius 2 is 1.71 bits per heavy atom. The van der Waals surface area contributed by atoms with Crippen LogP contribution in [-0.2, 0) is 12.6 Å². The number of amides is 1. The summed E-state index contributed by atoms with van der Waals surface area (Å²) in [6, 6.07) is 11.9. The average Bonchev–Trinajstić information content (AvgIpc) is 3.07. The van der Waals surface area contributed by atoms with Crippen LogP contribution in [-0.4, -0.2) is 18.0 Å². The number of nitrogens with one attached hydrogen (secondary N) is 1. The Balaban J connectivity index is 2.22. The Bertz CT molecular complexity index is 1010. The molecule has 0 radical (unpaired) electrons. The summed E-state index contributed by atoms with van der Waals surface area (Å²) in [5.74, 6) is -0.0694. The number of H-pyrrole nitrogens is 1. The van der Waals surface area contributed by atoms with Crippen molar-refractivity contribution in [2.45, 2.75) is 19.5 Å². The number of benzene rings is 2. The standard InChI is InChI=1S/C21H19F3N2O2/c1-3-14-17(20(25)27)19(15-6-4-5-7-16(15)28-2)26-18(14)12-8-10-13(11-9-12)21(22,23)24/h4-11,26H,3H2,1-2H3,(H2,25,27). The monoisotopic (exact) mass is 388 g/mol. The number of hydrogen-bond acceptors (Lipinski definition) is 2. The van der Waals surface area contributed by atoms with Crippen LogP contribution < -0.4 is 10.5 Å². The highest BCUT2D eigenvalue weighted by molar-refractivity contribution is 6.03. The van der Waals surface area contributed by atoms with Gasteiger partial charge in [0, 0.05) is 11.3 Å². The lowest BCUT2D eigenvalue weighted by Gasteiger charge is -2.08. The first-order chi connectivity index (χ1) is 13.3. The molecule has 0 aliphatic rings. The van der Waals surface area contributed by atoms with Crippen LogP contribution in [0, 0.1) is 0 Å². The molecule has 1 aromatic heterocycles. The van der Waals surface area contributed by atoms with Crippen LogP contribution in [0.15, 0.2) is 48.5 Å². The van der Waals surface area contributed by atoms with Gasteiger partial charge in [0.15, 0.2) is 0 Å². The van der Waals surface area contributed by atoms with Gasteiger partial charge in [-0.3, -0.25) is 4.79 Å². The molecule has 0 aliphatic heterocycles. The van der Waals surface area contributed by atoms with Gasteiger partial charge in [0.05, 0.1) is 23.9 Å². The number of rotatable bonds is 5. The van der Waals surface area contributed by atoms with Gasteiger partial charge in [-0.15, -0.1) is 0 Å². The molecule has 0 spiro atoms. The third-order valence-corrected chi connectivity index (χ3v) is 4.58. The summed E-state index contributed by atoms with van der Waals surface area (Å²) >= 11 is 0. The van der Waals surface area contributed by atoms with Gasteiger partial charge in [0.25, 0.3) is 5.91 Å². The van der Waals surface area contributed by atoms with E-state index in [2.05, 4.69) is 4.98 Å². The summed E-state index contributed by atoms with van der Waals surface area (Å²) in [5, 5.41) is 0. The molecule has 0 atom stereocenters.